The third kappa shape index (κ3) is 4.75. The van der Waals surface area contributed by atoms with Crippen LogP contribution in [0.15, 0.2) is 48.5 Å². The Balaban J connectivity index is 1.72. The average Bonchev–Trinajstić information content (AvgIpc) is 2.76. The fourth-order valence-corrected chi connectivity index (χ4v) is 3.27. The standard InChI is InChI=1S/C21H25NO7/c1-22-21(27)14-6-2-4-12(8-14)11-28-15-7-3-5-13(9-15)20-19(26)18(25)17(24)16(10-23)29-20/h2-9,16-20,23-26H,10-11H2,1H3,(H,22,27)/t16-,17-,18+,19+,20-/m1/s1. The van der Waals surface area contributed by atoms with Gasteiger partial charge in [0.2, 0.25) is 0 Å². The SMILES string of the molecule is CNC(=O)c1cccc(COc2cccc([C@H]3O[C@H](CO)[C@@H](O)[C@H](O)[C@@H]3O)c2)c1. The summed E-state index contributed by atoms with van der Waals surface area (Å²) in [4.78, 5) is 11.7. The molecule has 3 rings (SSSR count). The molecule has 156 valence electrons. The minimum atomic E-state index is -1.44. The van der Waals surface area contributed by atoms with Gasteiger partial charge in [-0.2, -0.15) is 0 Å². The van der Waals surface area contributed by atoms with Crippen LogP contribution in [-0.2, 0) is 11.3 Å². The molecule has 8 nitrogen and oxygen atoms in total. The van der Waals surface area contributed by atoms with Crippen molar-refractivity contribution in [2.45, 2.75) is 37.1 Å². The van der Waals surface area contributed by atoms with E-state index in [9.17, 15) is 25.2 Å². The van der Waals surface area contributed by atoms with E-state index in [0.717, 1.165) is 5.56 Å². The Labute approximate surface area is 168 Å². The largest absolute Gasteiger partial charge is 0.489 e. The third-order valence-electron chi connectivity index (χ3n) is 4.90. The van der Waals surface area contributed by atoms with Crippen molar-refractivity contribution in [2.75, 3.05) is 13.7 Å². The Morgan fingerprint density at radius 1 is 1.07 bits per heavy atom. The fourth-order valence-electron chi connectivity index (χ4n) is 3.27. The summed E-state index contributed by atoms with van der Waals surface area (Å²) in [6, 6.07) is 13.9. The minimum absolute atomic E-state index is 0.184. The molecule has 0 unspecified atom stereocenters. The number of benzene rings is 2. The molecule has 0 radical (unpaired) electrons. The first kappa shape index (κ1) is 21.2. The van der Waals surface area contributed by atoms with Gasteiger partial charge >= 0.3 is 0 Å². The molecule has 1 fully saturated rings. The van der Waals surface area contributed by atoms with Gasteiger partial charge in [-0.3, -0.25) is 4.79 Å². The van der Waals surface area contributed by atoms with Crippen LogP contribution in [0.3, 0.4) is 0 Å². The number of nitrogens with one attached hydrogen (secondary N) is 1. The molecule has 2 aromatic carbocycles. The van der Waals surface area contributed by atoms with E-state index in [4.69, 9.17) is 9.47 Å². The van der Waals surface area contributed by atoms with E-state index >= 15 is 0 Å². The Bertz CT molecular complexity index is 841. The summed E-state index contributed by atoms with van der Waals surface area (Å²) in [5.74, 6) is 0.321. The zero-order chi connectivity index (χ0) is 21.0. The minimum Gasteiger partial charge on any atom is -0.489 e. The summed E-state index contributed by atoms with van der Waals surface area (Å²) in [6.45, 7) is -0.262. The molecule has 5 atom stereocenters. The van der Waals surface area contributed by atoms with Crippen molar-refractivity contribution >= 4 is 5.91 Å². The predicted octanol–water partition coefficient (Wildman–Crippen LogP) is 0.140. The van der Waals surface area contributed by atoms with Crippen molar-refractivity contribution in [1.29, 1.82) is 0 Å². The number of hydrogen-bond donors (Lipinski definition) is 5. The highest BCUT2D eigenvalue weighted by Gasteiger charge is 2.43. The fraction of sp³-hybridized carbons (Fsp3) is 0.381. The summed E-state index contributed by atoms with van der Waals surface area (Å²) in [7, 11) is 1.57. The van der Waals surface area contributed by atoms with Gasteiger partial charge in [-0.25, -0.2) is 0 Å². The lowest BCUT2D eigenvalue weighted by molar-refractivity contribution is -0.231. The normalized spacial score (nSPS) is 26.7. The van der Waals surface area contributed by atoms with Gasteiger partial charge in [0.1, 0.15) is 42.9 Å². The number of rotatable bonds is 6. The number of hydrogen-bond acceptors (Lipinski definition) is 7. The van der Waals surface area contributed by atoms with Crippen molar-refractivity contribution in [3.05, 3.63) is 65.2 Å². The molecule has 0 spiro atoms. The van der Waals surface area contributed by atoms with Gasteiger partial charge in [-0.15, -0.1) is 0 Å². The number of carbonyl (C=O) groups is 1. The van der Waals surface area contributed by atoms with E-state index in [0.29, 0.717) is 16.9 Å². The number of amides is 1. The smallest absolute Gasteiger partial charge is 0.251 e. The maximum Gasteiger partial charge on any atom is 0.251 e. The molecule has 2 aromatic rings. The second kappa shape index (κ2) is 9.34. The molecule has 29 heavy (non-hydrogen) atoms. The number of aliphatic hydroxyl groups excluding tert-OH is 4. The van der Waals surface area contributed by atoms with Crippen molar-refractivity contribution in [3.8, 4) is 5.75 Å². The van der Waals surface area contributed by atoms with Gasteiger partial charge in [0.25, 0.3) is 5.91 Å². The molecule has 0 saturated carbocycles. The first-order valence-electron chi connectivity index (χ1n) is 9.29. The number of ether oxygens (including phenoxy) is 2. The summed E-state index contributed by atoms with van der Waals surface area (Å²) in [6.07, 6.45) is -6.10. The van der Waals surface area contributed by atoms with Crippen LogP contribution in [0.1, 0.15) is 27.6 Å². The molecule has 1 heterocycles. The van der Waals surface area contributed by atoms with Crippen molar-refractivity contribution in [2.24, 2.45) is 0 Å². The average molecular weight is 403 g/mol. The van der Waals surface area contributed by atoms with Crippen LogP contribution >= 0.6 is 0 Å². The first-order chi connectivity index (χ1) is 13.9. The number of aliphatic hydroxyl groups is 4. The molecule has 0 bridgehead atoms. The molecule has 1 amide bonds. The predicted molar refractivity (Wildman–Crippen MR) is 103 cm³/mol. The molecule has 8 heteroatoms. The van der Waals surface area contributed by atoms with Crippen LogP contribution in [-0.4, -0.2) is 64.4 Å². The molecular weight excluding hydrogens is 378 g/mol. The van der Waals surface area contributed by atoms with Crippen molar-refractivity contribution in [1.82, 2.24) is 5.32 Å². The Morgan fingerprint density at radius 3 is 2.55 bits per heavy atom. The molecule has 1 aliphatic rings. The quantitative estimate of drug-likeness (QED) is 0.464. The lowest BCUT2D eigenvalue weighted by Gasteiger charge is -2.40. The van der Waals surface area contributed by atoms with Gasteiger partial charge in [0.15, 0.2) is 0 Å². The van der Waals surface area contributed by atoms with Crippen LogP contribution < -0.4 is 10.1 Å². The van der Waals surface area contributed by atoms with Crippen LogP contribution in [0.2, 0.25) is 0 Å². The summed E-state index contributed by atoms with van der Waals surface area (Å²) in [5.41, 5.74) is 1.88. The number of carbonyl (C=O) groups excluding carboxylic acids is 1. The third-order valence-corrected chi connectivity index (χ3v) is 4.90. The van der Waals surface area contributed by atoms with E-state index in [1.807, 2.05) is 6.07 Å². The zero-order valence-electron chi connectivity index (χ0n) is 15.9. The van der Waals surface area contributed by atoms with E-state index < -0.39 is 37.1 Å². The van der Waals surface area contributed by atoms with Gasteiger partial charge in [-0.05, 0) is 35.4 Å². The van der Waals surface area contributed by atoms with E-state index in [2.05, 4.69) is 5.32 Å². The van der Waals surface area contributed by atoms with Crippen LogP contribution in [0.5, 0.6) is 5.75 Å². The monoisotopic (exact) mass is 403 g/mol. The molecule has 0 aromatic heterocycles. The maximum atomic E-state index is 11.7. The van der Waals surface area contributed by atoms with E-state index in [1.54, 1.807) is 49.5 Å². The van der Waals surface area contributed by atoms with Crippen LogP contribution in [0, 0.1) is 0 Å². The molecule has 1 saturated heterocycles. The van der Waals surface area contributed by atoms with Crippen molar-refractivity contribution < 1.29 is 34.7 Å². The molecule has 5 N–H and O–H groups in total. The second-order valence-electron chi connectivity index (χ2n) is 6.89. The maximum absolute atomic E-state index is 11.7. The van der Waals surface area contributed by atoms with Gasteiger partial charge < -0.3 is 35.2 Å². The Morgan fingerprint density at radius 2 is 1.83 bits per heavy atom. The van der Waals surface area contributed by atoms with Gasteiger partial charge in [-0.1, -0.05) is 24.3 Å². The Hall–Kier alpha value is -2.49. The molecular formula is C21H25NO7. The van der Waals surface area contributed by atoms with E-state index in [-0.39, 0.29) is 12.5 Å². The molecule has 0 aliphatic carbocycles. The topological polar surface area (TPSA) is 128 Å². The highest BCUT2D eigenvalue weighted by Crippen LogP contribution is 2.33. The van der Waals surface area contributed by atoms with Gasteiger partial charge in [0.05, 0.1) is 6.61 Å². The zero-order valence-corrected chi connectivity index (χ0v) is 15.9. The van der Waals surface area contributed by atoms with Crippen molar-refractivity contribution in [3.63, 3.8) is 0 Å². The van der Waals surface area contributed by atoms with E-state index in [1.165, 1.54) is 0 Å². The summed E-state index contributed by atoms with van der Waals surface area (Å²) < 4.78 is 11.4. The lowest BCUT2D eigenvalue weighted by Crippen LogP contribution is -2.55. The Kier molecular flexibility index (Phi) is 6.83. The molecule has 1 aliphatic heterocycles. The van der Waals surface area contributed by atoms with Crippen LogP contribution in [0.25, 0.3) is 0 Å². The first-order valence-corrected chi connectivity index (χ1v) is 9.29. The highest BCUT2D eigenvalue weighted by atomic mass is 16.5. The van der Waals surface area contributed by atoms with Gasteiger partial charge in [0, 0.05) is 12.6 Å². The van der Waals surface area contributed by atoms with Crippen LogP contribution in [0.4, 0.5) is 0 Å². The second-order valence-corrected chi connectivity index (χ2v) is 6.89. The summed E-state index contributed by atoms with van der Waals surface area (Å²) >= 11 is 0. The lowest BCUT2D eigenvalue weighted by atomic mass is 9.91. The highest BCUT2D eigenvalue weighted by molar-refractivity contribution is 5.94. The summed E-state index contributed by atoms with van der Waals surface area (Å²) in [5, 5.41) is 42.1.